The van der Waals surface area contributed by atoms with Crippen molar-refractivity contribution in [2.45, 2.75) is 69.4 Å². The zero-order valence-electron chi connectivity index (χ0n) is 22.9. The van der Waals surface area contributed by atoms with Gasteiger partial charge in [0.25, 0.3) is 0 Å². The summed E-state index contributed by atoms with van der Waals surface area (Å²) in [5, 5.41) is 10.1. The number of aliphatic carboxylic acids is 1. The highest BCUT2D eigenvalue weighted by Crippen LogP contribution is 2.39. The maximum Gasteiger partial charge on any atom is 0.320 e. The van der Waals surface area contributed by atoms with Crippen molar-refractivity contribution >= 4 is 11.9 Å². The van der Waals surface area contributed by atoms with Gasteiger partial charge in [-0.1, -0.05) is 31.4 Å². The Morgan fingerprint density at radius 1 is 1.03 bits per heavy atom. The molecule has 3 unspecified atom stereocenters. The topological polar surface area (TPSA) is 72.8 Å². The van der Waals surface area contributed by atoms with Gasteiger partial charge in [-0.25, -0.2) is 14.4 Å². The molecule has 1 N–H and O–H groups in total. The van der Waals surface area contributed by atoms with Crippen LogP contribution >= 0.6 is 0 Å². The maximum absolute atomic E-state index is 14.2. The monoisotopic (exact) mass is 535 g/mol. The second-order valence-electron chi connectivity index (χ2n) is 12.4. The molecule has 0 bridgehead atoms. The second-order valence-corrected chi connectivity index (χ2v) is 12.4. The molecule has 0 radical (unpaired) electrons. The van der Waals surface area contributed by atoms with Crippen molar-refractivity contribution in [2.75, 3.05) is 44.2 Å². The van der Waals surface area contributed by atoms with Gasteiger partial charge in [0.2, 0.25) is 5.95 Å². The number of aromatic nitrogens is 2. The Morgan fingerprint density at radius 3 is 2.44 bits per heavy atom. The average molecular weight is 536 g/mol. The number of nitrogens with zero attached hydrogens (tertiary/aromatic N) is 5. The lowest BCUT2D eigenvalue weighted by Crippen LogP contribution is -2.48. The van der Waals surface area contributed by atoms with E-state index in [4.69, 9.17) is 0 Å². The van der Waals surface area contributed by atoms with Crippen molar-refractivity contribution in [3.8, 4) is 0 Å². The van der Waals surface area contributed by atoms with Gasteiger partial charge < -0.3 is 14.9 Å². The van der Waals surface area contributed by atoms with E-state index >= 15 is 0 Å². The van der Waals surface area contributed by atoms with Gasteiger partial charge in [-0.05, 0) is 73.6 Å². The molecule has 3 heterocycles. The molecule has 2 saturated carbocycles. The van der Waals surface area contributed by atoms with Crippen LogP contribution in [0.1, 0.15) is 62.8 Å². The Kier molecular flexibility index (Phi) is 8.12. The number of hydrogen-bond donors (Lipinski definition) is 1. The minimum atomic E-state index is -0.708. The Morgan fingerprint density at radius 2 is 1.79 bits per heavy atom. The first kappa shape index (κ1) is 26.6. The van der Waals surface area contributed by atoms with Gasteiger partial charge in [-0.3, -0.25) is 9.69 Å². The number of carbonyl (C=O) groups is 1. The van der Waals surface area contributed by atoms with Crippen molar-refractivity contribution in [1.82, 2.24) is 19.8 Å². The lowest BCUT2D eigenvalue weighted by molar-refractivity contribution is -0.144. The molecule has 210 valence electrons. The molecule has 1 aromatic heterocycles. The van der Waals surface area contributed by atoms with Crippen LogP contribution in [0.2, 0.25) is 0 Å². The molecule has 0 spiro atoms. The summed E-state index contributed by atoms with van der Waals surface area (Å²) in [6.07, 6.45) is 12.7. The first-order chi connectivity index (χ1) is 19.0. The van der Waals surface area contributed by atoms with Gasteiger partial charge in [-0.15, -0.1) is 0 Å². The van der Waals surface area contributed by atoms with Crippen LogP contribution in [-0.4, -0.2) is 82.2 Å². The SMILES string of the molecule is O=C(O)C(CC1CCC1)N1CC(CN2CCC(N(CC3CC3)c3ncccn3)CC2)C(c2cccc(F)c2)C1. The third-order valence-corrected chi connectivity index (χ3v) is 9.70. The summed E-state index contributed by atoms with van der Waals surface area (Å²) in [7, 11) is 0. The van der Waals surface area contributed by atoms with E-state index < -0.39 is 12.0 Å². The number of carboxylic acid groups (broad SMARTS) is 1. The molecule has 7 nitrogen and oxygen atoms in total. The Hall–Kier alpha value is -2.58. The molecule has 8 heteroatoms. The summed E-state index contributed by atoms with van der Waals surface area (Å²) in [5.41, 5.74) is 1.00. The predicted molar refractivity (Wildman–Crippen MR) is 149 cm³/mol. The number of anilines is 1. The average Bonchev–Trinajstić information content (AvgIpc) is 3.65. The Labute approximate surface area is 231 Å². The molecule has 0 amide bonds. The van der Waals surface area contributed by atoms with Crippen molar-refractivity contribution in [3.63, 3.8) is 0 Å². The van der Waals surface area contributed by atoms with Crippen LogP contribution in [0.4, 0.5) is 10.3 Å². The third-order valence-electron chi connectivity index (χ3n) is 9.70. The Balaban J connectivity index is 1.13. The van der Waals surface area contributed by atoms with E-state index in [0.29, 0.717) is 18.5 Å². The number of hydrogen-bond acceptors (Lipinski definition) is 6. The molecule has 3 atom stereocenters. The third kappa shape index (κ3) is 6.43. The largest absolute Gasteiger partial charge is 0.480 e. The minimum Gasteiger partial charge on any atom is -0.480 e. The number of rotatable bonds is 11. The standard InChI is InChI=1S/C31H42FN5O2/c32-26-7-2-6-24(17-26)28-21-36(29(30(38)39)16-22-4-1-5-22)20-25(28)19-35-14-10-27(11-15-35)37(18-23-8-9-23)31-33-12-3-13-34-31/h2-3,6-7,12-13,17,22-23,25,27-29H,1,4-5,8-11,14-16,18-21H2,(H,38,39). The van der Waals surface area contributed by atoms with E-state index in [9.17, 15) is 14.3 Å². The molecule has 39 heavy (non-hydrogen) atoms. The fourth-order valence-corrected chi connectivity index (χ4v) is 7.07. The highest BCUT2D eigenvalue weighted by molar-refractivity contribution is 5.73. The molecule has 4 aliphatic rings. The van der Waals surface area contributed by atoms with Gasteiger partial charge in [0, 0.05) is 63.6 Å². The minimum absolute atomic E-state index is 0.144. The van der Waals surface area contributed by atoms with Gasteiger partial charge >= 0.3 is 5.97 Å². The van der Waals surface area contributed by atoms with Gasteiger partial charge in [0.1, 0.15) is 11.9 Å². The summed E-state index contributed by atoms with van der Waals surface area (Å²) in [5.74, 6) is 1.66. The smallest absolute Gasteiger partial charge is 0.320 e. The predicted octanol–water partition coefficient (Wildman–Crippen LogP) is 4.66. The van der Waals surface area contributed by atoms with Crippen molar-refractivity contribution in [3.05, 3.63) is 54.1 Å². The van der Waals surface area contributed by atoms with E-state index in [1.807, 2.05) is 24.5 Å². The summed E-state index contributed by atoms with van der Waals surface area (Å²) >= 11 is 0. The van der Waals surface area contributed by atoms with Gasteiger partial charge in [0.15, 0.2) is 0 Å². The number of carboxylic acids is 1. The fourth-order valence-electron chi connectivity index (χ4n) is 7.07. The molecule has 4 fully saturated rings. The lowest BCUT2D eigenvalue weighted by atomic mass is 9.80. The van der Waals surface area contributed by atoms with Crippen LogP contribution in [0.15, 0.2) is 42.7 Å². The molecule has 6 rings (SSSR count). The van der Waals surface area contributed by atoms with Crippen LogP contribution in [0.25, 0.3) is 0 Å². The van der Waals surface area contributed by atoms with Crippen LogP contribution in [0.5, 0.6) is 0 Å². The highest BCUT2D eigenvalue weighted by atomic mass is 19.1. The first-order valence-electron chi connectivity index (χ1n) is 15.0. The number of benzene rings is 1. The summed E-state index contributed by atoms with van der Waals surface area (Å²) in [6, 6.07) is 8.85. The molecular formula is C31H42FN5O2. The second kappa shape index (κ2) is 11.9. The normalized spacial score (nSPS) is 25.9. The number of halogens is 1. The summed E-state index contributed by atoms with van der Waals surface area (Å²) in [4.78, 5) is 28.7. The van der Waals surface area contributed by atoms with Crippen molar-refractivity contribution in [1.29, 1.82) is 0 Å². The first-order valence-corrected chi connectivity index (χ1v) is 15.0. The molecule has 2 aliphatic carbocycles. The highest BCUT2D eigenvalue weighted by Gasteiger charge is 2.42. The Bertz CT molecular complexity index is 1100. The van der Waals surface area contributed by atoms with Crippen LogP contribution in [0, 0.1) is 23.6 Å². The van der Waals surface area contributed by atoms with E-state index in [0.717, 1.165) is 82.3 Å². The maximum atomic E-state index is 14.2. The van der Waals surface area contributed by atoms with E-state index in [2.05, 4.69) is 24.7 Å². The molecule has 2 aliphatic heterocycles. The number of piperidine rings is 1. The fraction of sp³-hybridized carbons (Fsp3) is 0.645. The lowest BCUT2D eigenvalue weighted by Gasteiger charge is -2.40. The van der Waals surface area contributed by atoms with Gasteiger partial charge in [0.05, 0.1) is 0 Å². The zero-order chi connectivity index (χ0) is 26.8. The van der Waals surface area contributed by atoms with E-state index in [1.54, 1.807) is 12.1 Å². The van der Waals surface area contributed by atoms with Crippen LogP contribution in [-0.2, 0) is 4.79 Å². The summed E-state index contributed by atoms with van der Waals surface area (Å²) < 4.78 is 14.2. The molecule has 2 aromatic rings. The molecule has 2 saturated heterocycles. The quantitative estimate of drug-likeness (QED) is 0.449. The summed E-state index contributed by atoms with van der Waals surface area (Å²) in [6.45, 7) is 5.44. The zero-order valence-corrected chi connectivity index (χ0v) is 22.9. The number of likely N-dealkylation sites (tertiary alicyclic amines) is 2. The molecule has 1 aromatic carbocycles. The molecular weight excluding hydrogens is 493 g/mol. The van der Waals surface area contributed by atoms with E-state index in [-0.39, 0.29) is 17.7 Å². The van der Waals surface area contributed by atoms with Crippen LogP contribution in [0.3, 0.4) is 0 Å². The van der Waals surface area contributed by atoms with Crippen molar-refractivity contribution in [2.24, 2.45) is 17.8 Å². The van der Waals surface area contributed by atoms with Gasteiger partial charge in [-0.2, -0.15) is 0 Å². The van der Waals surface area contributed by atoms with E-state index in [1.165, 1.54) is 25.3 Å². The van der Waals surface area contributed by atoms with Crippen molar-refractivity contribution < 1.29 is 14.3 Å². The van der Waals surface area contributed by atoms with Crippen LogP contribution < -0.4 is 4.90 Å².